The fourth-order valence-corrected chi connectivity index (χ4v) is 4.80. The average Bonchev–Trinajstić information content (AvgIpc) is 3.08. The topological polar surface area (TPSA) is 99.9 Å². The van der Waals surface area contributed by atoms with Gasteiger partial charge in [-0.25, -0.2) is 8.42 Å². The number of carbonyl (C=O) groups excluding carboxylic acids is 2. The molecule has 0 atom stereocenters. The van der Waals surface area contributed by atoms with Crippen LogP contribution in [-0.2, 0) is 14.8 Å². The molecular weight excluding hydrogens is 394 g/mol. The van der Waals surface area contributed by atoms with Crippen molar-refractivity contribution in [1.29, 1.82) is 0 Å². The molecule has 1 N–H and O–H groups in total. The van der Waals surface area contributed by atoms with E-state index in [0.29, 0.717) is 18.8 Å². The van der Waals surface area contributed by atoms with E-state index in [1.165, 1.54) is 40.7 Å². The third-order valence-corrected chi connectivity index (χ3v) is 6.67. The SMILES string of the molecule is CN(CC(=O)Nc1cccc(S(=O)(=O)N2CCCCCC2)c1)C(=O)c1ccco1. The molecule has 3 rings (SSSR count). The van der Waals surface area contributed by atoms with Crippen LogP contribution in [0.3, 0.4) is 0 Å². The summed E-state index contributed by atoms with van der Waals surface area (Å²) in [6.07, 6.45) is 5.16. The third kappa shape index (κ3) is 5.24. The van der Waals surface area contributed by atoms with E-state index in [2.05, 4.69) is 5.32 Å². The van der Waals surface area contributed by atoms with Crippen LogP contribution in [-0.4, -0.2) is 56.1 Å². The number of nitrogens with zero attached hydrogens (tertiary/aromatic N) is 2. The molecule has 0 spiro atoms. The summed E-state index contributed by atoms with van der Waals surface area (Å²) in [6, 6.07) is 9.31. The Morgan fingerprint density at radius 3 is 2.48 bits per heavy atom. The highest BCUT2D eigenvalue weighted by Crippen LogP contribution is 2.22. The molecule has 1 aromatic carbocycles. The second-order valence-corrected chi connectivity index (χ2v) is 8.97. The van der Waals surface area contributed by atoms with Gasteiger partial charge >= 0.3 is 0 Å². The summed E-state index contributed by atoms with van der Waals surface area (Å²) in [5.41, 5.74) is 0.366. The molecule has 1 aliphatic heterocycles. The van der Waals surface area contributed by atoms with Crippen molar-refractivity contribution in [2.24, 2.45) is 0 Å². The first-order chi connectivity index (χ1) is 13.9. The predicted molar refractivity (Wildman–Crippen MR) is 108 cm³/mol. The van der Waals surface area contributed by atoms with Gasteiger partial charge in [-0.1, -0.05) is 18.9 Å². The molecule has 29 heavy (non-hydrogen) atoms. The minimum absolute atomic E-state index is 0.144. The van der Waals surface area contributed by atoms with Gasteiger partial charge in [0.25, 0.3) is 5.91 Å². The number of rotatable bonds is 6. The first-order valence-electron chi connectivity index (χ1n) is 9.57. The van der Waals surface area contributed by atoms with Gasteiger partial charge in [0.15, 0.2) is 5.76 Å². The number of benzene rings is 1. The molecule has 2 heterocycles. The van der Waals surface area contributed by atoms with E-state index < -0.39 is 21.8 Å². The highest BCUT2D eigenvalue weighted by atomic mass is 32.2. The number of amides is 2. The van der Waals surface area contributed by atoms with Crippen LogP contribution < -0.4 is 5.32 Å². The molecule has 1 aliphatic rings. The summed E-state index contributed by atoms with van der Waals surface area (Å²) in [5, 5.41) is 2.65. The van der Waals surface area contributed by atoms with E-state index in [9.17, 15) is 18.0 Å². The summed E-state index contributed by atoms with van der Waals surface area (Å²) in [5.74, 6) is -0.704. The number of furan rings is 1. The number of anilines is 1. The monoisotopic (exact) mass is 419 g/mol. The van der Waals surface area contributed by atoms with Gasteiger partial charge in [-0.3, -0.25) is 9.59 Å². The van der Waals surface area contributed by atoms with E-state index in [0.717, 1.165) is 25.7 Å². The Morgan fingerprint density at radius 1 is 1.10 bits per heavy atom. The molecule has 156 valence electrons. The fourth-order valence-electron chi connectivity index (χ4n) is 3.24. The van der Waals surface area contributed by atoms with Crippen molar-refractivity contribution in [1.82, 2.24) is 9.21 Å². The van der Waals surface area contributed by atoms with Gasteiger partial charge in [0.1, 0.15) is 0 Å². The van der Waals surface area contributed by atoms with E-state index >= 15 is 0 Å². The molecule has 0 bridgehead atoms. The van der Waals surface area contributed by atoms with Crippen LogP contribution in [0.25, 0.3) is 0 Å². The molecule has 1 saturated heterocycles. The van der Waals surface area contributed by atoms with Gasteiger partial charge in [-0.05, 0) is 43.2 Å². The Bertz CT molecular complexity index is 948. The fraction of sp³-hybridized carbons (Fsp3) is 0.400. The average molecular weight is 420 g/mol. The zero-order valence-electron chi connectivity index (χ0n) is 16.3. The Kier molecular flexibility index (Phi) is 6.71. The summed E-state index contributed by atoms with van der Waals surface area (Å²) >= 11 is 0. The largest absolute Gasteiger partial charge is 0.459 e. The van der Waals surface area contributed by atoms with E-state index in [-0.39, 0.29) is 17.2 Å². The number of sulfonamides is 1. The van der Waals surface area contributed by atoms with Crippen molar-refractivity contribution in [3.63, 3.8) is 0 Å². The minimum Gasteiger partial charge on any atom is -0.459 e. The van der Waals surface area contributed by atoms with Crippen molar-refractivity contribution in [2.75, 3.05) is 32.0 Å². The van der Waals surface area contributed by atoms with Crippen molar-refractivity contribution in [2.45, 2.75) is 30.6 Å². The van der Waals surface area contributed by atoms with E-state index in [1.807, 2.05) is 0 Å². The van der Waals surface area contributed by atoms with Crippen molar-refractivity contribution in [3.05, 3.63) is 48.4 Å². The normalized spacial score (nSPS) is 15.5. The Morgan fingerprint density at radius 2 is 1.83 bits per heavy atom. The second kappa shape index (κ2) is 9.23. The lowest BCUT2D eigenvalue weighted by atomic mass is 10.2. The maximum atomic E-state index is 12.9. The second-order valence-electron chi connectivity index (χ2n) is 7.03. The quantitative estimate of drug-likeness (QED) is 0.776. The molecule has 1 aromatic heterocycles. The van der Waals surface area contributed by atoms with Crippen molar-refractivity contribution < 1.29 is 22.4 Å². The van der Waals surface area contributed by atoms with Crippen molar-refractivity contribution in [3.8, 4) is 0 Å². The first-order valence-corrected chi connectivity index (χ1v) is 11.0. The number of carbonyl (C=O) groups is 2. The van der Waals surface area contributed by atoms with Gasteiger partial charge < -0.3 is 14.6 Å². The molecule has 8 nitrogen and oxygen atoms in total. The number of hydrogen-bond acceptors (Lipinski definition) is 5. The van der Waals surface area contributed by atoms with Gasteiger partial charge in [-0.2, -0.15) is 4.31 Å². The van der Waals surface area contributed by atoms with Crippen LogP contribution in [0.15, 0.2) is 52.0 Å². The lowest BCUT2D eigenvalue weighted by molar-refractivity contribution is -0.116. The Hall–Kier alpha value is -2.65. The summed E-state index contributed by atoms with van der Waals surface area (Å²) in [7, 11) is -2.11. The highest BCUT2D eigenvalue weighted by molar-refractivity contribution is 7.89. The maximum Gasteiger partial charge on any atom is 0.289 e. The lowest BCUT2D eigenvalue weighted by Gasteiger charge is -2.20. The molecule has 0 radical (unpaired) electrons. The molecular formula is C20H25N3O5S. The molecule has 2 amide bonds. The number of hydrogen-bond donors (Lipinski definition) is 1. The molecule has 1 fully saturated rings. The Labute approximate surface area is 170 Å². The van der Waals surface area contributed by atoms with Crippen LogP contribution in [0.4, 0.5) is 5.69 Å². The Balaban J connectivity index is 1.66. The van der Waals surface area contributed by atoms with Gasteiger partial charge in [-0.15, -0.1) is 0 Å². The molecule has 0 unspecified atom stereocenters. The molecule has 0 saturated carbocycles. The van der Waals surface area contributed by atoms with E-state index in [4.69, 9.17) is 4.42 Å². The summed E-state index contributed by atoms with van der Waals surface area (Å²) in [6.45, 7) is 0.833. The molecule has 9 heteroatoms. The smallest absolute Gasteiger partial charge is 0.289 e. The van der Waals surface area contributed by atoms with Crippen LogP contribution in [0.1, 0.15) is 36.2 Å². The van der Waals surface area contributed by atoms with Crippen molar-refractivity contribution >= 4 is 27.5 Å². The van der Waals surface area contributed by atoms with Crippen LogP contribution in [0.5, 0.6) is 0 Å². The van der Waals surface area contributed by atoms with Crippen LogP contribution in [0, 0.1) is 0 Å². The number of nitrogens with one attached hydrogen (secondary N) is 1. The first kappa shape index (κ1) is 21.1. The summed E-state index contributed by atoms with van der Waals surface area (Å²) < 4.78 is 32.4. The number of likely N-dealkylation sites (N-methyl/N-ethyl adjacent to an activating group) is 1. The minimum atomic E-state index is -3.60. The lowest BCUT2D eigenvalue weighted by Crippen LogP contribution is -2.35. The van der Waals surface area contributed by atoms with E-state index in [1.54, 1.807) is 18.2 Å². The predicted octanol–water partition coefficient (Wildman–Crippen LogP) is 2.55. The zero-order valence-corrected chi connectivity index (χ0v) is 17.2. The third-order valence-electron chi connectivity index (χ3n) is 4.78. The molecule has 2 aromatic rings. The maximum absolute atomic E-state index is 12.9. The van der Waals surface area contributed by atoms with Gasteiger partial charge in [0, 0.05) is 25.8 Å². The zero-order chi connectivity index (χ0) is 20.9. The van der Waals surface area contributed by atoms with Gasteiger partial charge in [0.2, 0.25) is 15.9 Å². The summed E-state index contributed by atoms with van der Waals surface area (Å²) in [4.78, 5) is 25.8. The van der Waals surface area contributed by atoms with Crippen LogP contribution in [0.2, 0.25) is 0 Å². The highest BCUT2D eigenvalue weighted by Gasteiger charge is 2.25. The standard InChI is InChI=1S/C20H25N3O5S/c1-22(20(25)18-10-7-13-28-18)15-19(24)21-16-8-6-9-17(14-16)29(26,27)23-11-4-2-3-5-12-23/h6-10,13-14H,2-5,11-12,15H2,1H3,(H,21,24). The van der Waals surface area contributed by atoms with Crippen LogP contribution >= 0.6 is 0 Å². The molecule has 0 aliphatic carbocycles. The van der Waals surface area contributed by atoms with Gasteiger partial charge in [0.05, 0.1) is 17.7 Å².